The number of hydrogen-bond donors (Lipinski definition) is 0. The Balaban J connectivity index is 1.40. The van der Waals surface area contributed by atoms with Crippen molar-refractivity contribution in [3.63, 3.8) is 0 Å². The number of fused-ring (bicyclic) bond motifs is 3. The maximum Gasteiger partial charge on any atom is 0.256 e. The summed E-state index contributed by atoms with van der Waals surface area (Å²) in [6.07, 6.45) is 5.99. The van der Waals surface area contributed by atoms with Gasteiger partial charge in [0, 0.05) is 36.8 Å². The van der Waals surface area contributed by atoms with E-state index in [1.54, 1.807) is 12.4 Å². The summed E-state index contributed by atoms with van der Waals surface area (Å²) in [7, 11) is 0. The van der Waals surface area contributed by atoms with E-state index in [0.717, 1.165) is 31.4 Å². The Bertz CT molecular complexity index is 971. The molecule has 0 radical (unpaired) electrons. The monoisotopic (exact) mass is 365 g/mol. The molecule has 1 amide bonds. The molecule has 2 aliphatic heterocycles. The Morgan fingerprint density at radius 2 is 2.00 bits per heavy atom. The molecule has 1 saturated heterocycles. The van der Waals surface area contributed by atoms with E-state index in [-0.39, 0.29) is 11.5 Å². The lowest BCUT2D eigenvalue weighted by molar-refractivity contribution is -0.0926. The predicted octanol–water partition coefficient (Wildman–Crippen LogP) is 3.40. The van der Waals surface area contributed by atoms with Crippen LogP contribution in [0.2, 0.25) is 0 Å². The number of thiophene rings is 1. The minimum absolute atomic E-state index is 0.0345. The van der Waals surface area contributed by atoms with Crippen LogP contribution in [0.1, 0.15) is 33.6 Å². The molecule has 2 aliphatic rings. The molecule has 1 spiro atoms. The Labute approximate surface area is 155 Å². The molecule has 0 saturated carbocycles. The average molecular weight is 365 g/mol. The number of benzene rings is 1. The van der Waals surface area contributed by atoms with Crippen LogP contribution in [0.15, 0.2) is 42.0 Å². The highest BCUT2D eigenvalue weighted by Crippen LogP contribution is 2.43. The number of rotatable bonds is 1. The third-order valence-electron chi connectivity index (χ3n) is 5.53. The van der Waals surface area contributed by atoms with Crippen molar-refractivity contribution in [3.8, 4) is 0 Å². The topological polar surface area (TPSA) is 55.3 Å². The molecule has 3 aromatic rings. The number of para-hydroxylation sites is 1. The summed E-state index contributed by atoms with van der Waals surface area (Å²) >= 11 is 1.82. The van der Waals surface area contributed by atoms with Gasteiger partial charge in [0.15, 0.2) is 0 Å². The van der Waals surface area contributed by atoms with E-state index in [0.29, 0.717) is 24.2 Å². The highest BCUT2D eigenvalue weighted by atomic mass is 32.1. The molecular weight excluding hydrogens is 346 g/mol. The molecule has 5 rings (SSSR count). The van der Waals surface area contributed by atoms with E-state index in [4.69, 9.17) is 4.74 Å². The molecule has 0 N–H and O–H groups in total. The van der Waals surface area contributed by atoms with Gasteiger partial charge in [-0.1, -0.05) is 6.07 Å². The van der Waals surface area contributed by atoms with E-state index >= 15 is 0 Å². The summed E-state index contributed by atoms with van der Waals surface area (Å²) in [6.45, 7) is 2.18. The lowest BCUT2D eigenvalue weighted by Crippen LogP contribution is -2.48. The molecule has 4 heterocycles. The van der Waals surface area contributed by atoms with Gasteiger partial charge >= 0.3 is 0 Å². The summed E-state index contributed by atoms with van der Waals surface area (Å²) in [5.41, 5.74) is 3.20. The first-order chi connectivity index (χ1) is 12.8. The predicted molar refractivity (Wildman–Crippen MR) is 100 cm³/mol. The lowest BCUT2D eigenvalue weighted by atomic mass is 9.82. The van der Waals surface area contributed by atoms with Gasteiger partial charge in [-0.15, -0.1) is 11.3 Å². The summed E-state index contributed by atoms with van der Waals surface area (Å²) in [5, 5.41) is 2.16. The molecule has 0 unspecified atom stereocenters. The molecule has 0 bridgehead atoms. The minimum atomic E-state index is -0.205. The molecule has 1 aromatic carbocycles. The second-order valence-corrected chi connectivity index (χ2v) is 7.87. The largest absolute Gasteiger partial charge is 0.370 e. The molecule has 5 nitrogen and oxygen atoms in total. The van der Waals surface area contributed by atoms with Crippen LogP contribution in [0.4, 0.5) is 0 Å². The molecule has 0 atom stereocenters. The van der Waals surface area contributed by atoms with Crippen molar-refractivity contribution in [1.82, 2.24) is 14.9 Å². The zero-order chi connectivity index (χ0) is 17.6. The Hall–Kier alpha value is -2.31. The zero-order valence-electron chi connectivity index (χ0n) is 14.4. The van der Waals surface area contributed by atoms with Gasteiger partial charge in [0.05, 0.1) is 23.3 Å². The fraction of sp³-hybridized carbons (Fsp3) is 0.350. The van der Waals surface area contributed by atoms with Crippen LogP contribution < -0.4 is 0 Å². The molecule has 2 aromatic heterocycles. The summed E-state index contributed by atoms with van der Waals surface area (Å²) in [4.78, 5) is 25.1. The maximum atomic E-state index is 13.1. The van der Waals surface area contributed by atoms with Crippen LogP contribution in [0.25, 0.3) is 11.0 Å². The van der Waals surface area contributed by atoms with Crippen molar-refractivity contribution in [2.75, 3.05) is 19.7 Å². The van der Waals surface area contributed by atoms with Crippen LogP contribution in [0.5, 0.6) is 0 Å². The number of carbonyl (C=O) groups excluding carboxylic acids is 1. The van der Waals surface area contributed by atoms with Crippen molar-refractivity contribution in [2.24, 2.45) is 0 Å². The van der Waals surface area contributed by atoms with Crippen molar-refractivity contribution in [3.05, 3.63) is 58.0 Å². The van der Waals surface area contributed by atoms with Gasteiger partial charge in [0.1, 0.15) is 5.52 Å². The van der Waals surface area contributed by atoms with Gasteiger partial charge in [0.25, 0.3) is 5.91 Å². The van der Waals surface area contributed by atoms with Gasteiger partial charge in [-0.25, -0.2) is 0 Å². The third kappa shape index (κ3) is 2.44. The van der Waals surface area contributed by atoms with Gasteiger partial charge in [-0.05, 0) is 42.0 Å². The standard InChI is InChI=1S/C20H19N3O2S/c24-19(14-2-1-3-16-18(14)22-9-8-21-16)23-10-6-20(7-11-23)15-5-13-26-17(15)4-12-25-20/h1-3,5,8-9,13H,4,6-7,10-12H2. The van der Waals surface area contributed by atoms with Gasteiger partial charge < -0.3 is 9.64 Å². The van der Waals surface area contributed by atoms with Crippen LogP contribution >= 0.6 is 11.3 Å². The van der Waals surface area contributed by atoms with Crippen LogP contribution in [-0.2, 0) is 16.8 Å². The van der Waals surface area contributed by atoms with Crippen LogP contribution in [0, 0.1) is 0 Å². The van der Waals surface area contributed by atoms with Crippen molar-refractivity contribution in [1.29, 1.82) is 0 Å². The third-order valence-corrected chi connectivity index (χ3v) is 6.51. The fourth-order valence-electron chi connectivity index (χ4n) is 4.18. The first-order valence-electron chi connectivity index (χ1n) is 8.97. The van der Waals surface area contributed by atoms with Crippen molar-refractivity contribution < 1.29 is 9.53 Å². The zero-order valence-corrected chi connectivity index (χ0v) is 15.2. The fourth-order valence-corrected chi connectivity index (χ4v) is 5.13. The number of nitrogens with zero attached hydrogens (tertiary/aromatic N) is 3. The number of likely N-dealkylation sites (tertiary alicyclic amines) is 1. The second-order valence-electron chi connectivity index (χ2n) is 6.87. The number of carbonyl (C=O) groups is 1. The summed E-state index contributed by atoms with van der Waals surface area (Å²) < 4.78 is 6.24. The molecular formula is C20H19N3O2S. The molecule has 1 fully saturated rings. The van der Waals surface area contributed by atoms with E-state index in [9.17, 15) is 4.79 Å². The number of amides is 1. The first kappa shape index (κ1) is 15.9. The van der Waals surface area contributed by atoms with Crippen molar-refractivity contribution in [2.45, 2.75) is 24.9 Å². The highest BCUT2D eigenvalue weighted by molar-refractivity contribution is 7.10. The number of hydrogen-bond acceptors (Lipinski definition) is 5. The van der Waals surface area contributed by atoms with Crippen LogP contribution in [0.3, 0.4) is 0 Å². The summed E-state index contributed by atoms with van der Waals surface area (Å²) in [6, 6.07) is 7.81. The van der Waals surface area contributed by atoms with Crippen LogP contribution in [-0.4, -0.2) is 40.5 Å². The maximum absolute atomic E-state index is 13.1. The van der Waals surface area contributed by atoms with E-state index in [2.05, 4.69) is 21.4 Å². The molecule has 0 aliphatic carbocycles. The second kappa shape index (κ2) is 6.14. The number of piperidine rings is 1. The quantitative estimate of drug-likeness (QED) is 0.663. The normalized spacial score (nSPS) is 18.8. The van der Waals surface area contributed by atoms with Gasteiger partial charge in [0.2, 0.25) is 0 Å². The highest BCUT2D eigenvalue weighted by Gasteiger charge is 2.42. The minimum Gasteiger partial charge on any atom is -0.370 e. The first-order valence-corrected chi connectivity index (χ1v) is 9.85. The molecule has 26 heavy (non-hydrogen) atoms. The van der Waals surface area contributed by atoms with Gasteiger partial charge in [-0.3, -0.25) is 14.8 Å². The average Bonchev–Trinajstić information content (AvgIpc) is 3.18. The SMILES string of the molecule is O=C(c1cccc2nccnc12)N1CCC2(CC1)OCCc1sccc12. The Morgan fingerprint density at radius 3 is 2.88 bits per heavy atom. The smallest absolute Gasteiger partial charge is 0.256 e. The molecule has 6 heteroatoms. The molecule has 132 valence electrons. The van der Waals surface area contributed by atoms with E-state index in [1.807, 2.05) is 34.4 Å². The Kier molecular flexibility index (Phi) is 3.76. The summed E-state index contributed by atoms with van der Waals surface area (Å²) in [5.74, 6) is 0.0345. The number of aromatic nitrogens is 2. The van der Waals surface area contributed by atoms with Crippen molar-refractivity contribution >= 4 is 28.3 Å². The van der Waals surface area contributed by atoms with Gasteiger partial charge in [-0.2, -0.15) is 0 Å². The van der Waals surface area contributed by atoms with E-state index < -0.39 is 0 Å². The Morgan fingerprint density at radius 1 is 1.15 bits per heavy atom. The van der Waals surface area contributed by atoms with E-state index in [1.165, 1.54) is 10.4 Å². The lowest BCUT2D eigenvalue weighted by Gasteiger charge is -2.44. The number of ether oxygens (including phenoxy) is 1.